The van der Waals surface area contributed by atoms with E-state index in [1.165, 1.54) is 0 Å². The van der Waals surface area contributed by atoms with Crippen molar-refractivity contribution >= 4 is 17.3 Å². The van der Waals surface area contributed by atoms with Crippen molar-refractivity contribution in [3.05, 3.63) is 38.5 Å². The highest BCUT2D eigenvalue weighted by atomic mass is 35.5. The number of rotatable bonds is 3. The summed E-state index contributed by atoms with van der Waals surface area (Å²) in [7, 11) is 0. The van der Waals surface area contributed by atoms with Gasteiger partial charge in [-0.05, 0) is 0 Å². The van der Waals surface area contributed by atoms with Gasteiger partial charge in [0.25, 0.3) is 0 Å². The van der Waals surface area contributed by atoms with Gasteiger partial charge in [0.1, 0.15) is 5.82 Å². The van der Waals surface area contributed by atoms with E-state index in [9.17, 15) is 19.3 Å². The quantitative estimate of drug-likeness (QED) is 0.436. The Labute approximate surface area is 82.9 Å². The average Bonchev–Trinajstić information content (AvgIpc) is 2.10. The van der Waals surface area contributed by atoms with E-state index in [4.69, 9.17) is 11.6 Å². The van der Waals surface area contributed by atoms with Gasteiger partial charge in [0, 0.05) is 18.6 Å². The highest BCUT2D eigenvalue weighted by Crippen LogP contribution is 2.06. The van der Waals surface area contributed by atoms with Crippen LogP contribution < -0.4 is 5.56 Å². The summed E-state index contributed by atoms with van der Waals surface area (Å²) in [5.74, 6) is -0.748. The van der Waals surface area contributed by atoms with Crippen molar-refractivity contribution in [1.29, 1.82) is 0 Å². The van der Waals surface area contributed by atoms with Gasteiger partial charge in [0.15, 0.2) is 0 Å². The van der Waals surface area contributed by atoms with Crippen molar-refractivity contribution in [2.75, 3.05) is 5.88 Å². The molecule has 0 radical (unpaired) electrons. The van der Waals surface area contributed by atoms with Crippen LogP contribution in [0.2, 0.25) is 0 Å². The molecule has 0 saturated heterocycles. The first-order valence-electron chi connectivity index (χ1n) is 3.66. The second kappa shape index (κ2) is 4.19. The smallest absolute Gasteiger partial charge is 0.306 e. The maximum absolute atomic E-state index is 12.8. The molecule has 0 aliphatic rings. The first-order valence-corrected chi connectivity index (χ1v) is 4.20. The highest BCUT2D eigenvalue weighted by molar-refractivity contribution is 6.17. The Hall–Kier alpha value is -1.43. The van der Waals surface area contributed by atoms with E-state index in [0.29, 0.717) is 6.07 Å². The number of aryl methyl sites for hydroxylation is 1. The standard InChI is InChI=1S/C7H6ClFN2O3/c8-1-2-10-4-5(9)3-6(7(10)12)11(13)14/h3-4H,1-2H2. The third-order valence-corrected chi connectivity index (χ3v) is 1.72. The van der Waals surface area contributed by atoms with Gasteiger partial charge < -0.3 is 4.57 Å². The Morgan fingerprint density at radius 2 is 2.29 bits per heavy atom. The Kier molecular flexibility index (Phi) is 3.19. The maximum atomic E-state index is 12.8. The molecule has 1 rings (SSSR count). The van der Waals surface area contributed by atoms with Gasteiger partial charge in [-0.1, -0.05) is 0 Å². The zero-order valence-corrected chi connectivity index (χ0v) is 7.70. The van der Waals surface area contributed by atoms with Crippen LogP contribution in [0.4, 0.5) is 10.1 Å². The second-order valence-corrected chi connectivity index (χ2v) is 2.87. The Morgan fingerprint density at radius 1 is 1.64 bits per heavy atom. The van der Waals surface area contributed by atoms with Gasteiger partial charge in [-0.25, -0.2) is 4.39 Å². The topological polar surface area (TPSA) is 65.1 Å². The molecule has 0 aliphatic carbocycles. The summed E-state index contributed by atoms with van der Waals surface area (Å²) in [5.41, 5.74) is -1.63. The third kappa shape index (κ3) is 2.08. The molecule has 0 spiro atoms. The van der Waals surface area contributed by atoms with Crippen molar-refractivity contribution in [3.63, 3.8) is 0 Å². The molecule has 0 atom stereocenters. The Morgan fingerprint density at radius 3 is 2.79 bits per heavy atom. The van der Waals surface area contributed by atoms with Gasteiger partial charge in [0.2, 0.25) is 0 Å². The van der Waals surface area contributed by atoms with E-state index >= 15 is 0 Å². The minimum Gasteiger partial charge on any atom is -0.306 e. The number of nitrogens with zero attached hydrogens (tertiary/aromatic N) is 2. The summed E-state index contributed by atoms with van der Waals surface area (Å²) in [4.78, 5) is 20.7. The van der Waals surface area contributed by atoms with Gasteiger partial charge in [0.05, 0.1) is 11.0 Å². The van der Waals surface area contributed by atoms with Crippen molar-refractivity contribution < 1.29 is 9.31 Å². The molecule has 0 saturated carbocycles. The molecule has 5 nitrogen and oxygen atoms in total. The molecular weight excluding hydrogens is 215 g/mol. The number of nitro groups is 1. The van der Waals surface area contributed by atoms with Gasteiger partial charge in [-0.2, -0.15) is 0 Å². The molecule has 0 unspecified atom stereocenters. The predicted molar refractivity (Wildman–Crippen MR) is 48.0 cm³/mol. The average molecular weight is 221 g/mol. The number of alkyl halides is 1. The predicted octanol–water partition coefficient (Wildman–Crippen LogP) is 1.13. The van der Waals surface area contributed by atoms with Crippen LogP contribution >= 0.6 is 11.6 Å². The van der Waals surface area contributed by atoms with Crippen LogP contribution in [0.15, 0.2) is 17.1 Å². The first-order chi connectivity index (χ1) is 6.56. The summed E-state index contributed by atoms with van der Waals surface area (Å²) in [6, 6.07) is 0.590. The number of halogens is 2. The minimum atomic E-state index is -0.920. The SMILES string of the molecule is O=c1c([N+](=O)[O-])cc(F)cn1CCCl. The summed E-state index contributed by atoms with van der Waals surface area (Å²) >= 11 is 5.34. The summed E-state index contributed by atoms with van der Waals surface area (Å²) in [6.45, 7) is 0.0407. The summed E-state index contributed by atoms with van der Waals surface area (Å²) in [6.07, 6.45) is 0.887. The van der Waals surface area contributed by atoms with E-state index in [0.717, 1.165) is 10.8 Å². The fourth-order valence-electron chi connectivity index (χ4n) is 0.972. The molecule has 1 heterocycles. The van der Waals surface area contributed by atoms with Crippen LogP contribution in [0.3, 0.4) is 0 Å². The van der Waals surface area contributed by atoms with E-state index in [-0.39, 0.29) is 12.4 Å². The lowest BCUT2D eigenvalue weighted by Crippen LogP contribution is -2.23. The Balaban J connectivity index is 3.32. The third-order valence-electron chi connectivity index (χ3n) is 1.56. The van der Waals surface area contributed by atoms with Crippen molar-refractivity contribution in [2.45, 2.75) is 6.54 Å². The van der Waals surface area contributed by atoms with Crippen LogP contribution in [-0.2, 0) is 6.54 Å². The molecular formula is C7H6ClFN2O3. The molecule has 0 aromatic carbocycles. The monoisotopic (exact) mass is 220 g/mol. The van der Waals surface area contributed by atoms with Gasteiger partial charge in [-0.3, -0.25) is 14.9 Å². The highest BCUT2D eigenvalue weighted by Gasteiger charge is 2.16. The fraction of sp³-hybridized carbons (Fsp3) is 0.286. The first kappa shape index (κ1) is 10.6. The zero-order valence-electron chi connectivity index (χ0n) is 6.94. The molecule has 7 heteroatoms. The van der Waals surface area contributed by atoms with E-state index in [1.54, 1.807) is 0 Å². The number of hydrogen-bond acceptors (Lipinski definition) is 3. The maximum Gasteiger partial charge on any atom is 0.337 e. The molecule has 0 N–H and O–H groups in total. The molecule has 0 aliphatic heterocycles. The van der Waals surface area contributed by atoms with Gasteiger partial charge >= 0.3 is 11.2 Å². The molecule has 0 fully saturated rings. The summed E-state index contributed by atoms with van der Waals surface area (Å²) < 4.78 is 13.7. The van der Waals surface area contributed by atoms with Crippen molar-refractivity contribution in [1.82, 2.24) is 4.57 Å². The zero-order chi connectivity index (χ0) is 10.7. The fourth-order valence-corrected chi connectivity index (χ4v) is 1.15. The van der Waals surface area contributed by atoms with E-state index in [2.05, 4.69) is 0 Å². The van der Waals surface area contributed by atoms with Crippen LogP contribution in [0, 0.1) is 15.9 Å². The molecule has 0 bridgehead atoms. The van der Waals surface area contributed by atoms with Crippen LogP contribution in [0.5, 0.6) is 0 Å². The Bertz CT molecular complexity index is 418. The van der Waals surface area contributed by atoms with Crippen LogP contribution in [0.1, 0.15) is 0 Å². The number of pyridine rings is 1. The van der Waals surface area contributed by atoms with Crippen LogP contribution in [-0.4, -0.2) is 15.4 Å². The molecule has 0 amide bonds. The van der Waals surface area contributed by atoms with Gasteiger partial charge in [-0.15, -0.1) is 11.6 Å². The normalized spacial score (nSPS) is 10.1. The second-order valence-electron chi connectivity index (χ2n) is 2.49. The molecule has 76 valence electrons. The lowest BCUT2D eigenvalue weighted by Gasteiger charge is -2.01. The molecule has 1 aromatic rings. The largest absolute Gasteiger partial charge is 0.337 e. The van der Waals surface area contributed by atoms with E-state index in [1.807, 2.05) is 0 Å². The number of hydrogen-bond donors (Lipinski definition) is 0. The number of aromatic nitrogens is 1. The molecule has 14 heavy (non-hydrogen) atoms. The lowest BCUT2D eigenvalue weighted by atomic mass is 10.4. The van der Waals surface area contributed by atoms with Crippen LogP contribution in [0.25, 0.3) is 0 Å². The summed E-state index contributed by atoms with van der Waals surface area (Å²) in [5, 5.41) is 10.3. The van der Waals surface area contributed by atoms with Crippen molar-refractivity contribution in [3.8, 4) is 0 Å². The lowest BCUT2D eigenvalue weighted by molar-refractivity contribution is -0.386. The van der Waals surface area contributed by atoms with Crippen molar-refractivity contribution in [2.24, 2.45) is 0 Å². The minimum absolute atomic E-state index is 0.0407. The van der Waals surface area contributed by atoms with E-state index < -0.39 is 22.0 Å². The molecule has 1 aromatic heterocycles.